The van der Waals surface area contributed by atoms with E-state index in [4.69, 9.17) is 5.73 Å². The zero-order valence-electron chi connectivity index (χ0n) is 12.8. The maximum Gasteiger partial charge on any atom is 0.266 e. The van der Waals surface area contributed by atoms with Crippen molar-refractivity contribution in [1.29, 1.82) is 0 Å². The number of thiophene rings is 1. The lowest BCUT2D eigenvalue weighted by molar-refractivity contribution is 0.0778. The molecule has 0 atom stereocenters. The van der Waals surface area contributed by atoms with E-state index in [0.29, 0.717) is 35.6 Å². The molecule has 0 saturated heterocycles. The molecule has 1 aliphatic rings. The highest BCUT2D eigenvalue weighted by Crippen LogP contribution is 2.36. The number of anilines is 1. The monoisotopic (exact) mass is 317 g/mol. The van der Waals surface area contributed by atoms with Crippen molar-refractivity contribution in [1.82, 2.24) is 9.88 Å². The van der Waals surface area contributed by atoms with Crippen LogP contribution in [0.4, 0.5) is 5.69 Å². The summed E-state index contributed by atoms with van der Waals surface area (Å²) in [5.74, 6) is 0.0627. The van der Waals surface area contributed by atoms with Crippen molar-refractivity contribution < 1.29 is 9.59 Å². The summed E-state index contributed by atoms with van der Waals surface area (Å²) in [6, 6.07) is 1.82. The van der Waals surface area contributed by atoms with Gasteiger partial charge < -0.3 is 10.6 Å². The number of carbonyl (C=O) groups excluding carboxylic acids is 2. The third-order valence-corrected chi connectivity index (χ3v) is 5.27. The normalized spacial score (nSPS) is 14.2. The average molecular weight is 317 g/mol. The molecule has 0 bridgehead atoms. The molecule has 116 valence electrons. The Balaban J connectivity index is 2.13. The molecular weight excluding hydrogens is 298 g/mol. The largest absolute Gasteiger partial charge is 0.397 e. The first-order chi connectivity index (χ1) is 10.6. The van der Waals surface area contributed by atoms with Crippen LogP contribution >= 0.6 is 11.3 Å². The summed E-state index contributed by atoms with van der Waals surface area (Å²) in [6.07, 6.45) is 2.22. The Kier molecular flexibility index (Phi) is 3.87. The molecule has 0 aromatic carbocycles. The SMILES string of the molecule is CCN(CC)C(=O)c1sc2nc3c(cc2c1N)C(=O)CCC3. The fourth-order valence-electron chi connectivity index (χ4n) is 2.87. The van der Waals surface area contributed by atoms with Crippen LogP contribution in [-0.2, 0) is 6.42 Å². The molecular formula is C16H19N3O2S. The lowest BCUT2D eigenvalue weighted by Gasteiger charge is -2.17. The molecule has 2 N–H and O–H groups in total. The maximum atomic E-state index is 12.5. The van der Waals surface area contributed by atoms with Crippen LogP contribution in [-0.4, -0.2) is 34.7 Å². The smallest absolute Gasteiger partial charge is 0.266 e. The molecule has 3 rings (SSSR count). The van der Waals surface area contributed by atoms with E-state index in [1.807, 2.05) is 19.9 Å². The number of fused-ring (bicyclic) bond motifs is 2. The Morgan fingerprint density at radius 1 is 1.36 bits per heavy atom. The number of ketones is 1. The summed E-state index contributed by atoms with van der Waals surface area (Å²) in [7, 11) is 0. The fraction of sp³-hybridized carbons (Fsp3) is 0.438. The summed E-state index contributed by atoms with van der Waals surface area (Å²) in [5.41, 5.74) is 8.14. The number of aryl methyl sites for hydroxylation is 1. The highest BCUT2D eigenvalue weighted by molar-refractivity contribution is 7.21. The van der Waals surface area contributed by atoms with Gasteiger partial charge in [-0.2, -0.15) is 0 Å². The van der Waals surface area contributed by atoms with Crippen molar-refractivity contribution in [2.45, 2.75) is 33.1 Å². The third kappa shape index (κ3) is 2.27. The predicted octanol–water partition coefficient (Wildman–Crippen LogP) is 2.88. The number of Topliss-reactive ketones (excluding diaryl/α,β-unsaturated/α-hetero) is 1. The van der Waals surface area contributed by atoms with Gasteiger partial charge in [0.1, 0.15) is 9.71 Å². The van der Waals surface area contributed by atoms with Crippen molar-refractivity contribution in [3.63, 3.8) is 0 Å². The zero-order chi connectivity index (χ0) is 15.9. The number of pyridine rings is 1. The third-order valence-electron chi connectivity index (χ3n) is 4.16. The number of nitrogens with two attached hydrogens (primary N) is 1. The molecule has 0 unspecified atom stereocenters. The molecule has 6 heteroatoms. The minimum atomic E-state index is -0.0604. The van der Waals surface area contributed by atoms with Crippen molar-refractivity contribution in [3.8, 4) is 0 Å². The standard InChI is InChI=1S/C16H19N3O2S/c1-3-19(4-2)16(21)14-13(17)10-8-9-11(18-15(10)22-14)6-5-7-12(9)20/h8H,3-7,17H2,1-2H3. The van der Waals surface area contributed by atoms with E-state index in [1.165, 1.54) is 11.3 Å². The van der Waals surface area contributed by atoms with Crippen LogP contribution in [0.1, 0.15) is 52.4 Å². The van der Waals surface area contributed by atoms with Gasteiger partial charge >= 0.3 is 0 Å². The van der Waals surface area contributed by atoms with Gasteiger partial charge in [0.2, 0.25) is 0 Å². The van der Waals surface area contributed by atoms with E-state index in [1.54, 1.807) is 4.90 Å². The number of nitrogen functional groups attached to an aromatic ring is 1. The molecule has 0 radical (unpaired) electrons. The molecule has 0 aliphatic heterocycles. The number of amides is 1. The summed E-state index contributed by atoms with van der Waals surface area (Å²) >= 11 is 1.33. The fourth-order valence-corrected chi connectivity index (χ4v) is 3.94. The molecule has 0 fully saturated rings. The quantitative estimate of drug-likeness (QED) is 0.944. The lowest BCUT2D eigenvalue weighted by atomic mass is 9.94. The average Bonchev–Trinajstić information content (AvgIpc) is 2.84. The first-order valence-electron chi connectivity index (χ1n) is 7.61. The second-order valence-electron chi connectivity index (χ2n) is 5.43. The lowest BCUT2D eigenvalue weighted by Crippen LogP contribution is -2.30. The minimum absolute atomic E-state index is 0.0604. The second kappa shape index (κ2) is 5.68. The van der Waals surface area contributed by atoms with Gasteiger partial charge in [-0.15, -0.1) is 11.3 Å². The Morgan fingerprint density at radius 2 is 2.09 bits per heavy atom. The van der Waals surface area contributed by atoms with E-state index in [2.05, 4.69) is 4.98 Å². The Hall–Kier alpha value is -1.95. The number of rotatable bonds is 3. The topological polar surface area (TPSA) is 76.3 Å². The van der Waals surface area contributed by atoms with Gasteiger partial charge in [-0.25, -0.2) is 4.98 Å². The van der Waals surface area contributed by atoms with Crippen molar-refractivity contribution in [3.05, 3.63) is 22.2 Å². The molecule has 1 aliphatic carbocycles. The van der Waals surface area contributed by atoms with Crippen LogP contribution in [0.25, 0.3) is 10.2 Å². The van der Waals surface area contributed by atoms with Gasteiger partial charge in [0.15, 0.2) is 5.78 Å². The van der Waals surface area contributed by atoms with E-state index in [9.17, 15) is 9.59 Å². The number of nitrogens with zero attached hydrogens (tertiary/aromatic N) is 2. The van der Waals surface area contributed by atoms with Gasteiger partial charge in [0, 0.05) is 30.5 Å². The minimum Gasteiger partial charge on any atom is -0.397 e. The van der Waals surface area contributed by atoms with Gasteiger partial charge in [-0.05, 0) is 32.8 Å². The summed E-state index contributed by atoms with van der Waals surface area (Å²) in [6.45, 7) is 5.18. The molecule has 2 heterocycles. The highest BCUT2D eigenvalue weighted by atomic mass is 32.1. The molecule has 0 spiro atoms. The molecule has 0 saturated carbocycles. The summed E-state index contributed by atoms with van der Waals surface area (Å²) in [5, 5.41) is 0.731. The maximum absolute atomic E-state index is 12.5. The van der Waals surface area contributed by atoms with Crippen LogP contribution in [0.5, 0.6) is 0 Å². The van der Waals surface area contributed by atoms with Crippen LogP contribution in [0.2, 0.25) is 0 Å². The Morgan fingerprint density at radius 3 is 2.77 bits per heavy atom. The van der Waals surface area contributed by atoms with Gasteiger partial charge in [0.25, 0.3) is 5.91 Å². The van der Waals surface area contributed by atoms with Crippen molar-refractivity contribution in [2.24, 2.45) is 0 Å². The molecule has 1 amide bonds. The second-order valence-corrected chi connectivity index (χ2v) is 6.43. The zero-order valence-corrected chi connectivity index (χ0v) is 13.6. The van der Waals surface area contributed by atoms with E-state index < -0.39 is 0 Å². The van der Waals surface area contributed by atoms with Crippen LogP contribution in [0.3, 0.4) is 0 Å². The van der Waals surface area contributed by atoms with Gasteiger partial charge in [0.05, 0.1) is 11.4 Å². The highest BCUT2D eigenvalue weighted by Gasteiger charge is 2.25. The number of carbonyl (C=O) groups is 2. The van der Waals surface area contributed by atoms with Crippen LogP contribution in [0.15, 0.2) is 6.07 Å². The molecule has 5 nitrogen and oxygen atoms in total. The number of aromatic nitrogens is 1. The molecule has 22 heavy (non-hydrogen) atoms. The predicted molar refractivity (Wildman–Crippen MR) is 88.6 cm³/mol. The summed E-state index contributed by atoms with van der Waals surface area (Å²) in [4.78, 5) is 32.2. The Bertz CT molecular complexity index is 762. The van der Waals surface area contributed by atoms with E-state index in [0.717, 1.165) is 28.8 Å². The van der Waals surface area contributed by atoms with Crippen molar-refractivity contribution in [2.75, 3.05) is 18.8 Å². The first kappa shape index (κ1) is 15.0. The Labute approximate surface area is 133 Å². The number of hydrogen-bond acceptors (Lipinski definition) is 5. The molecule has 2 aromatic rings. The van der Waals surface area contributed by atoms with E-state index in [-0.39, 0.29) is 11.7 Å². The van der Waals surface area contributed by atoms with Crippen molar-refractivity contribution >= 4 is 38.9 Å². The molecule has 2 aromatic heterocycles. The first-order valence-corrected chi connectivity index (χ1v) is 8.42. The van der Waals surface area contributed by atoms with Gasteiger partial charge in [-0.1, -0.05) is 0 Å². The van der Waals surface area contributed by atoms with Gasteiger partial charge in [-0.3, -0.25) is 9.59 Å². The van der Waals surface area contributed by atoms with E-state index >= 15 is 0 Å². The van der Waals surface area contributed by atoms with Crippen LogP contribution < -0.4 is 5.73 Å². The van der Waals surface area contributed by atoms with Crippen LogP contribution in [0, 0.1) is 0 Å². The number of hydrogen-bond donors (Lipinski definition) is 1. The summed E-state index contributed by atoms with van der Waals surface area (Å²) < 4.78 is 0.